The van der Waals surface area contributed by atoms with Gasteiger partial charge >= 0.3 is 0 Å². The van der Waals surface area contributed by atoms with Gasteiger partial charge in [-0.1, -0.05) is 36.4 Å². The zero-order chi connectivity index (χ0) is 16.7. The first kappa shape index (κ1) is 14.6. The van der Waals surface area contributed by atoms with Gasteiger partial charge in [-0.3, -0.25) is 0 Å². The van der Waals surface area contributed by atoms with Gasteiger partial charge in [0.15, 0.2) is 0 Å². The lowest BCUT2D eigenvalue weighted by atomic mass is 10.0. The van der Waals surface area contributed by atoms with E-state index in [1.807, 2.05) is 42.5 Å². The molecular formula is C20H18N2O2. The van der Waals surface area contributed by atoms with E-state index in [0.717, 1.165) is 32.9 Å². The number of hydrogen-bond acceptors (Lipinski definition) is 3. The summed E-state index contributed by atoms with van der Waals surface area (Å²) in [7, 11) is 0. The summed E-state index contributed by atoms with van der Waals surface area (Å²) in [4.78, 5) is 0. The molecule has 0 spiro atoms. The van der Waals surface area contributed by atoms with Crippen molar-refractivity contribution in [3.8, 4) is 16.9 Å². The summed E-state index contributed by atoms with van der Waals surface area (Å²) >= 11 is 0. The lowest BCUT2D eigenvalue weighted by Crippen LogP contribution is -2.01. The van der Waals surface area contributed by atoms with Crippen molar-refractivity contribution in [2.24, 2.45) is 0 Å². The number of para-hydroxylation sites is 1. The Kier molecular flexibility index (Phi) is 3.40. The lowest BCUT2D eigenvalue weighted by molar-refractivity contribution is 0.280. The first-order valence-electron chi connectivity index (χ1n) is 7.90. The molecule has 4 N–H and O–H groups in total. The fourth-order valence-corrected chi connectivity index (χ4v) is 3.34. The quantitative estimate of drug-likeness (QED) is 0.504. The second-order valence-corrected chi connectivity index (χ2v) is 5.90. The van der Waals surface area contributed by atoms with Crippen LogP contribution in [0.1, 0.15) is 0 Å². The third-order valence-electron chi connectivity index (χ3n) is 4.43. The predicted molar refractivity (Wildman–Crippen MR) is 98.0 cm³/mol. The summed E-state index contributed by atoms with van der Waals surface area (Å²) < 4.78 is 2.07. The highest BCUT2D eigenvalue weighted by atomic mass is 16.3. The number of nitrogen functional groups attached to an aromatic ring is 1. The summed E-state index contributed by atoms with van der Waals surface area (Å²) in [5, 5.41) is 21.8. The van der Waals surface area contributed by atoms with Crippen LogP contribution in [0.25, 0.3) is 32.9 Å². The Bertz CT molecular complexity index is 1050. The highest BCUT2D eigenvalue weighted by Gasteiger charge is 2.12. The number of aliphatic hydroxyl groups excluding tert-OH is 1. The van der Waals surface area contributed by atoms with E-state index in [1.165, 1.54) is 0 Å². The summed E-state index contributed by atoms with van der Waals surface area (Å²) in [6.45, 7) is 0.544. The van der Waals surface area contributed by atoms with Crippen LogP contribution in [0.4, 0.5) is 5.69 Å². The maximum Gasteiger partial charge on any atom is 0.123 e. The van der Waals surface area contributed by atoms with Gasteiger partial charge in [0.25, 0.3) is 0 Å². The Morgan fingerprint density at radius 2 is 1.58 bits per heavy atom. The van der Waals surface area contributed by atoms with Gasteiger partial charge in [-0.2, -0.15) is 0 Å². The molecule has 0 atom stereocenters. The van der Waals surface area contributed by atoms with Crippen molar-refractivity contribution >= 4 is 27.5 Å². The first-order valence-corrected chi connectivity index (χ1v) is 7.90. The minimum Gasteiger partial charge on any atom is -0.507 e. The second kappa shape index (κ2) is 5.58. The van der Waals surface area contributed by atoms with Crippen LogP contribution < -0.4 is 5.73 Å². The Morgan fingerprint density at radius 1 is 0.875 bits per heavy atom. The topological polar surface area (TPSA) is 71.4 Å². The summed E-state index contributed by atoms with van der Waals surface area (Å²) in [5.74, 6) is 0.255. The number of aliphatic hydroxyl groups is 1. The number of fused-ring (bicyclic) bond motifs is 3. The van der Waals surface area contributed by atoms with Crippen molar-refractivity contribution < 1.29 is 10.2 Å². The Balaban J connectivity index is 2.04. The number of anilines is 1. The van der Waals surface area contributed by atoms with Gasteiger partial charge in [-0.15, -0.1) is 0 Å². The predicted octanol–water partition coefficient (Wildman–Crippen LogP) is 3.74. The normalized spacial score (nSPS) is 11.4. The molecule has 0 aliphatic heterocycles. The monoisotopic (exact) mass is 318 g/mol. The van der Waals surface area contributed by atoms with Crippen molar-refractivity contribution in [2.45, 2.75) is 6.54 Å². The molecule has 120 valence electrons. The SMILES string of the molecule is Nc1ccc2c3ccc(-c4ccccc4O)cc3n(CCO)c2c1. The molecule has 4 nitrogen and oxygen atoms in total. The van der Waals surface area contributed by atoms with E-state index in [4.69, 9.17) is 5.73 Å². The first-order chi connectivity index (χ1) is 11.7. The average molecular weight is 318 g/mol. The molecule has 0 bridgehead atoms. The largest absolute Gasteiger partial charge is 0.507 e. The van der Waals surface area contributed by atoms with Gasteiger partial charge in [0.05, 0.1) is 12.1 Å². The van der Waals surface area contributed by atoms with Gasteiger partial charge in [-0.05, 0) is 29.8 Å². The van der Waals surface area contributed by atoms with E-state index in [-0.39, 0.29) is 12.4 Å². The number of phenolic OH excluding ortho intramolecular Hbond substituents is 1. The zero-order valence-electron chi connectivity index (χ0n) is 13.1. The molecule has 3 aromatic carbocycles. The number of rotatable bonds is 3. The number of nitrogens with zero attached hydrogens (tertiary/aromatic N) is 1. The molecule has 1 aromatic heterocycles. The van der Waals surface area contributed by atoms with Gasteiger partial charge < -0.3 is 20.5 Å². The van der Waals surface area contributed by atoms with E-state index in [2.05, 4.69) is 16.7 Å². The number of hydrogen-bond donors (Lipinski definition) is 3. The third-order valence-corrected chi connectivity index (χ3v) is 4.43. The number of nitrogens with two attached hydrogens (primary N) is 1. The van der Waals surface area contributed by atoms with Crippen LogP contribution in [-0.2, 0) is 6.54 Å². The van der Waals surface area contributed by atoms with E-state index in [1.54, 1.807) is 6.07 Å². The van der Waals surface area contributed by atoms with Gasteiger partial charge in [0, 0.05) is 34.1 Å². The van der Waals surface area contributed by atoms with Crippen molar-refractivity contribution in [2.75, 3.05) is 12.3 Å². The van der Waals surface area contributed by atoms with Crippen LogP contribution in [0.3, 0.4) is 0 Å². The van der Waals surface area contributed by atoms with Gasteiger partial charge in [0.1, 0.15) is 5.75 Å². The zero-order valence-corrected chi connectivity index (χ0v) is 13.1. The van der Waals surface area contributed by atoms with Crippen LogP contribution >= 0.6 is 0 Å². The number of aromatic nitrogens is 1. The van der Waals surface area contributed by atoms with E-state index >= 15 is 0 Å². The second-order valence-electron chi connectivity index (χ2n) is 5.90. The molecule has 4 heteroatoms. The molecule has 24 heavy (non-hydrogen) atoms. The Morgan fingerprint density at radius 3 is 2.33 bits per heavy atom. The number of aromatic hydroxyl groups is 1. The molecule has 0 unspecified atom stereocenters. The average Bonchev–Trinajstić information content (AvgIpc) is 2.88. The molecule has 0 radical (unpaired) electrons. The standard InChI is InChI=1S/C20H18N2O2/c21-14-6-8-17-16-7-5-13(15-3-1-2-4-20(15)24)11-18(16)22(9-10-23)19(17)12-14/h1-8,11-12,23-24H,9-10,21H2. The molecule has 0 amide bonds. The highest BCUT2D eigenvalue weighted by Crippen LogP contribution is 2.35. The minimum absolute atomic E-state index is 0.0501. The van der Waals surface area contributed by atoms with E-state index in [0.29, 0.717) is 12.2 Å². The van der Waals surface area contributed by atoms with Crippen LogP contribution in [0, 0.1) is 0 Å². The maximum atomic E-state index is 10.1. The Hall–Kier alpha value is -2.98. The van der Waals surface area contributed by atoms with E-state index in [9.17, 15) is 10.2 Å². The summed E-state index contributed by atoms with van der Waals surface area (Å²) in [6.07, 6.45) is 0. The molecule has 1 heterocycles. The lowest BCUT2D eigenvalue weighted by Gasteiger charge is -2.08. The summed E-state index contributed by atoms with van der Waals surface area (Å²) in [6, 6.07) is 19.3. The smallest absolute Gasteiger partial charge is 0.123 e. The fourth-order valence-electron chi connectivity index (χ4n) is 3.34. The maximum absolute atomic E-state index is 10.1. The van der Waals surface area contributed by atoms with Crippen LogP contribution in [-0.4, -0.2) is 21.4 Å². The molecule has 0 saturated carbocycles. The van der Waals surface area contributed by atoms with Crippen molar-refractivity contribution in [3.05, 3.63) is 60.7 Å². The summed E-state index contributed by atoms with van der Waals surface area (Å²) in [5.41, 5.74) is 10.4. The molecule has 0 aliphatic carbocycles. The van der Waals surface area contributed by atoms with Crippen molar-refractivity contribution in [1.29, 1.82) is 0 Å². The van der Waals surface area contributed by atoms with Gasteiger partial charge in [-0.25, -0.2) is 0 Å². The van der Waals surface area contributed by atoms with E-state index < -0.39 is 0 Å². The fraction of sp³-hybridized carbons (Fsp3) is 0.100. The van der Waals surface area contributed by atoms with Crippen LogP contribution in [0.2, 0.25) is 0 Å². The van der Waals surface area contributed by atoms with Crippen molar-refractivity contribution in [1.82, 2.24) is 4.57 Å². The third kappa shape index (κ3) is 2.20. The van der Waals surface area contributed by atoms with Crippen LogP contribution in [0.15, 0.2) is 60.7 Å². The van der Waals surface area contributed by atoms with Crippen LogP contribution in [0.5, 0.6) is 5.75 Å². The highest BCUT2D eigenvalue weighted by molar-refractivity contribution is 6.09. The molecule has 4 rings (SSSR count). The molecule has 0 aliphatic rings. The molecule has 4 aromatic rings. The Labute approximate surface area is 139 Å². The molecular weight excluding hydrogens is 300 g/mol. The number of benzene rings is 3. The van der Waals surface area contributed by atoms with Gasteiger partial charge in [0.2, 0.25) is 0 Å². The molecule has 0 saturated heterocycles. The molecule has 0 fully saturated rings. The van der Waals surface area contributed by atoms with Crippen molar-refractivity contribution in [3.63, 3.8) is 0 Å². The minimum atomic E-state index is 0.0501. The number of phenols is 1.